The van der Waals surface area contributed by atoms with Crippen LogP contribution in [0.5, 0.6) is 5.75 Å². The van der Waals surface area contributed by atoms with Gasteiger partial charge in [-0.3, -0.25) is 0 Å². The van der Waals surface area contributed by atoms with Gasteiger partial charge in [0.05, 0.1) is 0 Å². The normalized spacial score (nSPS) is 23.9. The monoisotopic (exact) mass is 251 g/mol. The third kappa shape index (κ3) is 3.02. The zero-order valence-electron chi connectivity index (χ0n) is 11.2. The second-order valence-corrected chi connectivity index (χ2v) is 4.99. The van der Waals surface area contributed by atoms with Crippen LogP contribution in [0.15, 0.2) is 18.2 Å². The molecule has 0 heterocycles. The molecule has 1 aromatic rings. The maximum absolute atomic E-state index is 13.9. The molecule has 1 aromatic carbocycles. The minimum absolute atomic E-state index is 0.0926. The number of nitrogens with one attached hydrogen (secondary N) is 1. The van der Waals surface area contributed by atoms with E-state index in [1.807, 2.05) is 6.07 Å². The number of benzene rings is 1. The molecule has 0 aliphatic heterocycles. The average molecular weight is 251 g/mol. The van der Waals surface area contributed by atoms with Gasteiger partial charge in [-0.2, -0.15) is 0 Å². The molecule has 100 valence electrons. The van der Waals surface area contributed by atoms with Crippen LogP contribution < -0.4 is 10.1 Å². The highest BCUT2D eigenvalue weighted by Crippen LogP contribution is 2.26. The predicted molar refractivity (Wildman–Crippen MR) is 71.5 cm³/mol. The topological polar surface area (TPSA) is 21.3 Å². The van der Waals surface area contributed by atoms with Gasteiger partial charge >= 0.3 is 0 Å². The van der Waals surface area contributed by atoms with Crippen molar-refractivity contribution in [2.45, 2.75) is 51.7 Å². The van der Waals surface area contributed by atoms with E-state index >= 15 is 0 Å². The van der Waals surface area contributed by atoms with E-state index in [0.29, 0.717) is 17.4 Å². The number of aryl methyl sites for hydroxylation is 1. The summed E-state index contributed by atoms with van der Waals surface area (Å²) in [4.78, 5) is 0. The van der Waals surface area contributed by atoms with E-state index in [2.05, 4.69) is 12.2 Å². The lowest BCUT2D eigenvalue weighted by molar-refractivity contribution is 0.110. The molecule has 2 atom stereocenters. The first-order valence-electron chi connectivity index (χ1n) is 6.87. The van der Waals surface area contributed by atoms with Crippen molar-refractivity contribution < 1.29 is 9.13 Å². The van der Waals surface area contributed by atoms with Crippen LogP contribution in [0.25, 0.3) is 0 Å². The number of hydrogen-bond acceptors (Lipinski definition) is 2. The summed E-state index contributed by atoms with van der Waals surface area (Å²) < 4.78 is 19.8. The molecule has 3 heteroatoms. The van der Waals surface area contributed by atoms with Crippen LogP contribution in [0.2, 0.25) is 0 Å². The van der Waals surface area contributed by atoms with Crippen LogP contribution in [0.3, 0.4) is 0 Å². The number of hydrogen-bond donors (Lipinski definition) is 1. The van der Waals surface area contributed by atoms with Crippen LogP contribution in [-0.2, 0) is 0 Å². The molecule has 0 radical (unpaired) electrons. The summed E-state index contributed by atoms with van der Waals surface area (Å²) >= 11 is 0. The molecule has 1 aliphatic carbocycles. The highest BCUT2D eigenvalue weighted by atomic mass is 19.1. The van der Waals surface area contributed by atoms with Crippen LogP contribution in [0.1, 0.15) is 38.2 Å². The molecule has 1 saturated carbocycles. The summed E-state index contributed by atoms with van der Waals surface area (Å²) in [5.74, 6) is 0.170. The minimum atomic E-state index is -0.224. The lowest BCUT2D eigenvalue weighted by atomic mass is 9.92. The number of halogens is 1. The number of rotatable bonds is 4. The largest absolute Gasteiger partial charge is 0.486 e. The fourth-order valence-corrected chi connectivity index (χ4v) is 2.61. The van der Waals surface area contributed by atoms with Crippen molar-refractivity contribution in [2.75, 3.05) is 6.54 Å². The first-order chi connectivity index (χ1) is 8.72. The fourth-order valence-electron chi connectivity index (χ4n) is 2.61. The summed E-state index contributed by atoms with van der Waals surface area (Å²) in [6.45, 7) is 4.80. The molecule has 0 bridgehead atoms. The third-order valence-electron chi connectivity index (χ3n) is 3.60. The van der Waals surface area contributed by atoms with E-state index < -0.39 is 0 Å². The molecule has 0 amide bonds. The number of likely N-dealkylation sites (N-methyl/N-ethyl adjacent to an activating group) is 1. The van der Waals surface area contributed by atoms with Crippen LogP contribution >= 0.6 is 0 Å². The molecule has 1 fully saturated rings. The third-order valence-corrected chi connectivity index (χ3v) is 3.60. The molecular weight excluding hydrogens is 229 g/mol. The van der Waals surface area contributed by atoms with Gasteiger partial charge in [-0.05, 0) is 44.4 Å². The Labute approximate surface area is 109 Å². The summed E-state index contributed by atoms with van der Waals surface area (Å²) in [5, 5.41) is 3.44. The Bertz CT molecular complexity index is 392. The van der Waals surface area contributed by atoms with Gasteiger partial charge in [-0.25, -0.2) is 4.39 Å². The number of ether oxygens (including phenoxy) is 1. The summed E-state index contributed by atoms with van der Waals surface area (Å²) in [5.41, 5.74) is 0.642. The van der Waals surface area contributed by atoms with Crippen LogP contribution in [0, 0.1) is 12.7 Å². The van der Waals surface area contributed by atoms with Gasteiger partial charge in [0.25, 0.3) is 0 Å². The molecule has 1 aliphatic rings. The molecule has 2 nitrogen and oxygen atoms in total. The maximum atomic E-state index is 13.9. The molecule has 2 rings (SSSR count). The van der Waals surface area contributed by atoms with E-state index in [1.165, 1.54) is 12.8 Å². The van der Waals surface area contributed by atoms with E-state index in [1.54, 1.807) is 19.1 Å². The second kappa shape index (κ2) is 6.19. The van der Waals surface area contributed by atoms with E-state index in [0.717, 1.165) is 19.4 Å². The Morgan fingerprint density at radius 3 is 2.89 bits per heavy atom. The van der Waals surface area contributed by atoms with Crippen molar-refractivity contribution in [1.82, 2.24) is 5.32 Å². The molecule has 18 heavy (non-hydrogen) atoms. The van der Waals surface area contributed by atoms with Crippen molar-refractivity contribution in [3.05, 3.63) is 29.6 Å². The van der Waals surface area contributed by atoms with Gasteiger partial charge in [-0.1, -0.05) is 25.5 Å². The summed E-state index contributed by atoms with van der Waals surface area (Å²) in [6.07, 6.45) is 4.61. The quantitative estimate of drug-likeness (QED) is 0.885. The Hall–Kier alpha value is -1.09. The Morgan fingerprint density at radius 2 is 2.11 bits per heavy atom. The first kappa shape index (κ1) is 13.3. The van der Waals surface area contributed by atoms with Gasteiger partial charge in [-0.15, -0.1) is 0 Å². The Balaban J connectivity index is 2.08. The molecule has 0 saturated heterocycles. The van der Waals surface area contributed by atoms with Gasteiger partial charge < -0.3 is 10.1 Å². The van der Waals surface area contributed by atoms with Gasteiger partial charge in [0, 0.05) is 6.04 Å². The average Bonchev–Trinajstić information content (AvgIpc) is 2.37. The minimum Gasteiger partial charge on any atom is -0.486 e. The van der Waals surface area contributed by atoms with Crippen molar-refractivity contribution >= 4 is 0 Å². The summed E-state index contributed by atoms with van der Waals surface area (Å²) in [6, 6.07) is 5.69. The summed E-state index contributed by atoms with van der Waals surface area (Å²) in [7, 11) is 0. The maximum Gasteiger partial charge on any atom is 0.167 e. The molecular formula is C15H22FNO. The van der Waals surface area contributed by atoms with Crippen LogP contribution in [-0.4, -0.2) is 18.7 Å². The smallest absolute Gasteiger partial charge is 0.167 e. The predicted octanol–water partition coefficient (Wildman–Crippen LogP) is 3.43. The van der Waals surface area contributed by atoms with Crippen LogP contribution in [0.4, 0.5) is 4.39 Å². The molecule has 0 spiro atoms. The van der Waals surface area contributed by atoms with Crippen molar-refractivity contribution in [3.63, 3.8) is 0 Å². The van der Waals surface area contributed by atoms with Crippen molar-refractivity contribution in [3.8, 4) is 5.75 Å². The second-order valence-electron chi connectivity index (χ2n) is 4.99. The zero-order chi connectivity index (χ0) is 13.0. The van der Waals surface area contributed by atoms with Gasteiger partial charge in [0.2, 0.25) is 0 Å². The van der Waals surface area contributed by atoms with E-state index in [4.69, 9.17) is 4.74 Å². The molecule has 2 unspecified atom stereocenters. The lowest BCUT2D eigenvalue weighted by Gasteiger charge is -2.32. The molecule has 0 aromatic heterocycles. The zero-order valence-corrected chi connectivity index (χ0v) is 11.2. The Kier molecular flexibility index (Phi) is 4.59. The SMILES string of the molecule is CCNC1CCCCC1Oc1cccc(C)c1F. The van der Waals surface area contributed by atoms with E-state index in [-0.39, 0.29) is 11.9 Å². The highest BCUT2D eigenvalue weighted by Gasteiger charge is 2.26. The van der Waals surface area contributed by atoms with Gasteiger partial charge in [0.1, 0.15) is 6.10 Å². The van der Waals surface area contributed by atoms with E-state index in [9.17, 15) is 4.39 Å². The first-order valence-corrected chi connectivity index (χ1v) is 6.87. The fraction of sp³-hybridized carbons (Fsp3) is 0.600. The lowest BCUT2D eigenvalue weighted by Crippen LogP contribution is -2.45. The standard InChI is InChI=1S/C15H22FNO/c1-3-17-12-8-4-5-9-13(12)18-14-10-6-7-11(2)15(14)16/h6-7,10,12-13,17H,3-5,8-9H2,1-2H3. The van der Waals surface area contributed by atoms with Gasteiger partial charge in [0.15, 0.2) is 11.6 Å². The Morgan fingerprint density at radius 1 is 1.33 bits per heavy atom. The molecule has 1 N–H and O–H groups in total. The highest BCUT2D eigenvalue weighted by molar-refractivity contribution is 5.30. The van der Waals surface area contributed by atoms with Crippen molar-refractivity contribution in [1.29, 1.82) is 0 Å². The van der Waals surface area contributed by atoms with Crippen molar-refractivity contribution in [2.24, 2.45) is 0 Å².